The molecule has 2 fully saturated rings. The zero-order valence-electron chi connectivity index (χ0n) is 21.0. The van der Waals surface area contributed by atoms with Crippen LogP contribution in [0.15, 0.2) is 12.1 Å². The third-order valence-corrected chi connectivity index (χ3v) is 8.10. The fourth-order valence-electron chi connectivity index (χ4n) is 6.50. The number of benzene rings is 1. The Morgan fingerprint density at radius 1 is 1.03 bits per heavy atom. The molecule has 5 N–H and O–H groups in total. The summed E-state index contributed by atoms with van der Waals surface area (Å²) in [6.45, 7) is 1.55. The largest absolute Gasteiger partial charge is 0.507 e. The maximum absolute atomic E-state index is 13.9. The van der Waals surface area contributed by atoms with Crippen LogP contribution >= 0.6 is 0 Å². The lowest BCUT2D eigenvalue weighted by atomic mass is 9.49. The number of carbonyl (C=O) groups excluding carboxylic acids is 6. The molecule has 0 heterocycles. The molecule has 1 aromatic carbocycles. The van der Waals surface area contributed by atoms with Gasteiger partial charge in [-0.15, -0.1) is 0 Å². The van der Waals surface area contributed by atoms with Crippen molar-refractivity contribution in [1.29, 1.82) is 0 Å². The standard InChI is InChI=1S/C25H29N3O9/c1-8-11-9(24(36)28(4)5)6-7-10(29)13(11)18(30)14-12(8)19(31)16-17(27(2)3)20(32)15(23(26)35)22(34)25(16,37)21(14)33/h6-8,12,14-17,19,29,31,37H,1-5H3,(H2,26,35). The van der Waals surface area contributed by atoms with Gasteiger partial charge in [0, 0.05) is 25.6 Å². The summed E-state index contributed by atoms with van der Waals surface area (Å²) in [4.78, 5) is 81.6. The van der Waals surface area contributed by atoms with Gasteiger partial charge in [-0.1, -0.05) is 6.92 Å². The number of hydrogen-bond donors (Lipinski definition) is 4. The van der Waals surface area contributed by atoms with E-state index in [1.165, 1.54) is 44.1 Å². The highest BCUT2D eigenvalue weighted by Gasteiger charge is 2.73. The lowest BCUT2D eigenvalue weighted by Crippen LogP contribution is -2.77. The van der Waals surface area contributed by atoms with Crippen molar-refractivity contribution in [3.63, 3.8) is 0 Å². The number of nitrogens with zero attached hydrogens (tertiary/aromatic N) is 2. The van der Waals surface area contributed by atoms with Gasteiger partial charge in [-0.2, -0.15) is 0 Å². The number of aliphatic hydroxyl groups excluding tert-OH is 1. The third-order valence-electron chi connectivity index (χ3n) is 8.10. The van der Waals surface area contributed by atoms with Crippen LogP contribution in [0.3, 0.4) is 0 Å². The number of aromatic hydroxyl groups is 1. The first kappa shape index (κ1) is 26.6. The lowest BCUT2D eigenvalue weighted by Gasteiger charge is -2.56. The molecule has 0 bridgehead atoms. The molecule has 12 nitrogen and oxygen atoms in total. The van der Waals surface area contributed by atoms with Gasteiger partial charge in [0.05, 0.1) is 29.5 Å². The summed E-state index contributed by atoms with van der Waals surface area (Å²) in [6, 6.07) is 1.01. The number of nitrogens with two attached hydrogens (primary N) is 1. The third kappa shape index (κ3) is 3.32. The molecule has 3 aliphatic rings. The van der Waals surface area contributed by atoms with Crippen LogP contribution in [-0.2, 0) is 19.2 Å². The van der Waals surface area contributed by atoms with E-state index in [0.29, 0.717) is 0 Å². The van der Waals surface area contributed by atoms with E-state index in [-0.39, 0.29) is 16.7 Å². The molecule has 0 saturated heterocycles. The molecule has 12 heteroatoms. The summed E-state index contributed by atoms with van der Waals surface area (Å²) in [6.07, 6.45) is -1.77. The summed E-state index contributed by atoms with van der Waals surface area (Å²) < 4.78 is 0. The minimum absolute atomic E-state index is 0.0753. The molecule has 37 heavy (non-hydrogen) atoms. The zero-order chi connectivity index (χ0) is 27.9. The Labute approximate surface area is 212 Å². The molecule has 0 aromatic heterocycles. The summed E-state index contributed by atoms with van der Waals surface area (Å²) in [7, 11) is 5.82. The first-order valence-electron chi connectivity index (χ1n) is 11.7. The highest BCUT2D eigenvalue weighted by atomic mass is 16.3. The van der Waals surface area contributed by atoms with E-state index in [2.05, 4.69) is 0 Å². The topological polar surface area (TPSA) is 196 Å². The van der Waals surface area contributed by atoms with E-state index >= 15 is 0 Å². The molecule has 0 spiro atoms. The smallest absolute Gasteiger partial charge is 0.253 e. The highest BCUT2D eigenvalue weighted by Crippen LogP contribution is 2.55. The maximum Gasteiger partial charge on any atom is 0.253 e. The second-order valence-corrected chi connectivity index (χ2v) is 10.5. The highest BCUT2D eigenvalue weighted by molar-refractivity contribution is 6.32. The van der Waals surface area contributed by atoms with E-state index in [1.807, 2.05) is 0 Å². The number of likely N-dealkylation sites (N-methyl/N-ethyl adjacent to an activating group) is 1. The van der Waals surface area contributed by atoms with Gasteiger partial charge < -0.3 is 26.0 Å². The van der Waals surface area contributed by atoms with Gasteiger partial charge >= 0.3 is 0 Å². The average molecular weight is 516 g/mol. The maximum atomic E-state index is 13.9. The van der Waals surface area contributed by atoms with Crippen molar-refractivity contribution >= 4 is 34.9 Å². The Bertz CT molecular complexity index is 1270. The number of amides is 2. The van der Waals surface area contributed by atoms with Crippen molar-refractivity contribution in [1.82, 2.24) is 9.80 Å². The second kappa shape index (κ2) is 8.54. The van der Waals surface area contributed by atoms with Gasteiger partial charge in [0.2, 0.25) is 5.91 Å². The monoisotopic (exact) mass is 515 g/mol. The number of ketones is 4. The van der Waals surface area contributed by atoms with Crippen molar-refractivity contribution in [2.75, 3.05) is 28.2 Å². The fraction of sp³-hybridized carbons (Fsp3) is 0.520. The predicted molar refractivity (Wildman–Crippen MR) is 125 cm³/mol. The summed E-state index contributed by atoms with van der Waals surface area (Å²) in [5.41, 5.74) is 2.09. The van der Waals surface area contributed by atoms with E-state index in [0.717, 1.165) is 6.07 Å². The number of carbonyl (C=O) groups is 6. The Kier molecular flexibility index (Phi) is 6.13. The number of phenolic OH excluding ortho intramolecular Hbond substituents is 1. The number of Topliss-reactive ketones (excluding diaryl/α,β-unsaturated/α-hetero) is 4. The van der Waals surface area contributed by atoms with E-state index in [4.69, 9.17) is 5.73 Å². The molecule has 8 unspecified atom stereocenters. The Balaban J connectivity index is 1.99. The van der Waals surface area contributed by atoms with Gasteiger partial charge in [-0.05, 0) is 37.7 Å². The molecular formula is C25H29N3O9. The fourth-order valence-corrected chi connectivity index (χ4v) is 6.50. The van der Waals surface area contributed by atoms with Gasteiger partial charge in [0.25, 0.3) is 5.91 Å². The van der Waals surface area contributed by atoms with Crippen LogP contribution in [-0.4, -0.2) is 106 Å². The SMILES string of the molecule is CC1c2c(C(=O)N(C)C)ccc(O)c2C(=O)C2C(=O)C3(O)C(=O)C(C(N)=O)C(=O)C(N(C)C)C3C(O)C21. The van der Waals surface area contributed by atoms with Crippen LogP contribution in [0.2, 0.25) is 0 Å². The molecule has 198 valence electrons. The normalized spacial score (nSPS) is 35.1. The quantitative estimate of drug-likeness (QED) is 0.330. The van der Waals surface area contributed by atoms with Crippen molar-refractivity contribution < 1.29 is 44.1 Å². The van der Waals surface area contributed by atoms with Gasteiger partial charge in [-0.25, -0.2) is 0 Å². The summed E-state index contributed by atoms with van der Waals surface area (Å²) >= 11 is 0. The molecule has 2 amide bonds. The molecule has 8 atom stereocenters. The number of phenols is 1. The molecule has 2 saturated carbocycles. The molecule has 3 aliphatic carbocycles. The van der Waals surface area contributed by atoms with Crippen molar-refractivity contribution in [3.05, 3.63) is 28.8 Å². The van der Waals surface area contributed by atoms with Crippen LogP contribution < -0.4 is 5.73 Å². The van der Waals surface area contributed by atoms with E-state index in [1.54, 1.807) is 6.92 Å². The van der Waals surface area contributed by atoms with E-state index < -0.39 is 88.0 Å². The minimum Gasteiger partial charge on any atom is -0.507 e. The van der Waals surface area contributed by atoms with Gasteiger partial charge in [-0.3, -0.25) is 33.7 Å². The number of primary amides is 1. The van der Waals surface area contributed by atoms with Crippen LogP contribution in [0.1, 0.15) is 39.1 Å². The first-order valence-corrected chi connectivity index (χ1v) is 11.7. The second-order valence-electron chi connectivity index (χ2n) is 10.5. The summed E-state index contributed by atoms with van der Waals surface area (Å²) in [5, 5.41) is 33.8. The molecule has 4 rings (SSSR count). The first-order chi connectivity index (χ1) is 17.1. The molecule has 1 aromatic rings. The summed E-state index contributed by atoms with van der Waals surface area (Å²) in [5.74, 6) is -14.9. The van der Waals surface area contributed by atoms with Crippen molar-refractivity contribution in [2.45, 2.75) is 30.6 Å². The minimum atomic E-state index is -3.07. The Hall–Kier alpha value is -3.48. The average Bonchev–Trinajstić information content (AvgIpc) is 2.80. The number of hydrogen-bond acceptors (Lipinski definition) is 10. The Morgan fingerprint density at radius 2 is 1.62 bits per heavy atom. The van der Waals surface area contributed by atoms with Crippen molar-refractivity contribution in [3.8, 4) is 5.75 Å². The number of fused-ring (bicyclic) bond motifs is 3. The van der Waals surface area contributed by atoms with Gasteiger partial charge in [0.1, 0.15) is 5.75 Å². The van der Waals surface area contributed by atoms with Crippen LogP contribution in [0.25, 0.3) is 0 Å². The van der Waals surface area contributed by atoms with Crippen LogP contribution in [0.5, 0.6) is 5.75 Å². The number of aliphatic hydroxyl groups is 2. The molecular weight excluding hydrogens is 486 g/mol. The predicted octanol–water partition coefficient (Wildman–Crippen LogP) is -1.90. The van der Waals surface area contributed by atoms with Crippen LogP contribution in [0, 0.1) is 23.7 Å². The lowest BCUT2D eigenvalue weighted by molar-refractivity contribution is -0.196. The zero-order valence-corrected chi connectivity index (χ0v) is 21.0. The van der Waals surface area contributed by atoms with Crippen molar-refractivity contribution in [2.24, 2.45) is 29.4 Å². The van der Waals surface area contributed by atoms with E-state index in [9.17, 15) is 44.1 Å². The van der Waals surface area contributed by atoms with Crippen LogP contribution in [0.4, 0.5) is 0 Å². The Morgan fingerprint density at radius 3 is 2.14 bits per heavy atom. The molecule has 0 aliphatic heterocycles. The number of rotatable bonds is 3. The molecule has 0 radical (unpaired) electrons. The van der Waals surface area contributed by atoms with Gasteiger partial charge in [0.15, 0.2) is 34.7 Å².